The molecule has 0 aromatic carbocycles. The second kappa shape index (κ2) is 5.71. The van der Waals surface area contributed by atoms with Gasteiger partial charge < -0.3 is 19.7 Å². The van der Waals surface area contributed by atoms with Crippen LogP contribution in [-0.4, -0.2) is 48.8 Å². The van der Waals surface area contributed by atoms with Gasteiger partial charge in [0.2, 0.25) is 0 Å². The second-order valence-electron chi connectivity index (χ2n) is 6.14. The van der Waals surface area contributed by atoms with Crippen LogP contribution in [0.2, 0.25) is 0 Å². The minimum Gasteiger partial charge on any atom is -0.465 e. The summed E-state index contributed by atoms with van der Waals surface area (Å²) in [7, 11) is 0. The van der Waals surface area contributed by atoms with E-state index in [4.69, 9.17) is 5.11 Å². The number of carboxylic acid groups (broad SMARTS) is 1. The molecule has 0 radical (unpaired) electrons. The molecule has 3 aromatic rings. The maximum Gasteiger partial charge on any atom is 0.407 e. The van der Waals surface area contributed by atoms with Crippen LogP contribution in [0.3, 0.4) is 0 Å². The first-order chi connectivity index (χ1) is 11.6. The quantitative estimate of drug-likeness (QED) is 0.744. The third-order valence-corrected chi connectivity index (χ3v) is 5.53. The van der Waals surface area contributed by atoms with Gasteiger partial charge in [-0.15, -0.1) is 11.3 Å². The zero-order chi connectivity index (χ0) is 16.8. The molecule has 0 bridgehead atoms. The summed E-state index contributed by atoms with van der Waals surface area (Å²) < 4.78 is 3.17. The molecule has 0 spiro atoms. The number of imidazole rings is 1. The number of aromatic nitrogens is 3. The van der Waals surface area contributed by atoms with E-state index < -0.39 is 12.2 Å². The number of amides is 1. The van der Waals surface area contributed by atoms with Crippen LogP contribution >= 0.6 is 11.3 Å². The summed E-state index contributed by atoms with van der Waals surface area (Å²) in [4.78, 5) is 21.6. The maximum absolute atomic E-state index is 11.1. The van der Waals surface area contributed by atoms with Crippen molar-refractivity contribution in [1.82, 2.24) is 19.4 Å². The second-order valence-corrected chi connectivity index (χ2v) is 7.06. The molecule has 4 rings (SSSR count). The molecule has 4 heterocycles. The molecule has 1 aliphatic heterocycles. The molecule has 1 amide bonds. The van der Waals surface area contributed by atoms with E-state index in [9.17, 15) is 9.90 Å². The third-order valence-electron chi connectivity index (χ3n) is 4.62. The average Bonchev–Trinajstić information content (AvgIpc) is 3.18. The van der Waals surface area contributed by atoms with E-state index >= 15 is 0 Å². The molecule has 8 heteroatoms. The van der Waals surface area contributed by atoms with Crippen LogP contribution in [0.1, 0.15) is 37.7 Å². The number of fused-ring (bicyclic) bond motifs is 3. The Morgan fingerprint density at radius 1 is 1.38 bits per heavy atom. The molecular formula is C16H18N4O3S. The Hall–Kier alpha value is -2.19. The van der Waals surface area contributed by atoms with Crippen LogP contribution in [0.5, 0.6) is 0 Å². The molecule has 1 atom stereocenters. The largest absolute Gasteiger partial charge is 0.465 e. The number of aliphatic hydroxyl groups excluding tert-OH is 1. The number of nitrogens with zero attached hydrogens (tertiary/aromatic N) is 4. The van der Waals surface area contributed by atoms with Gasteiger partial charge in [0.05, 0.1) is 21.9 Å². The van der Waals surface area contributed by atoms with Crippen molar-refractivity contribution in [2.24, 2.45) is 0 Å². The minimum absolute atomic E-state index is 0.128. The summed E-state index contributed by atoms with van der Waals surface area (Å²) in [5.41, 5.74) is 2.70. The highest BCUT2D eigenvalue weighted by Gasteiger charge is 2.28. The monoisotopic (exact) mass is 346 g/mol. The Morgan fingerprint density at radius 3 is 2.79 bits per heavy atom. The van der Waals surface area contributed by atoms with Crippen LogP contribution in [0.15, 0.2) is 17.6 Å². The lowest BCUT2D eigenvalue weighted by atomic mass is 10.0. The molecule has 0 saturated carbocycles. The van der Waals surface area contributed by atoms with Gasteiger partial charge in [-0.05, 0) is 31.2 Å². The van der Waals surface area contributed by atoms with Gasteiger partial charge in [0.25, 0.3) is 0 Å². The normalized spacial score (nSPS) is 17.7. The molecule has 0 unspecified atom stereocenters. The van der Waals surface area contributed by atoms with Crippen molar-refractivity contribution in [1.29, 1.82) is 0 Å². The number of hydrogen-bond donors (Lipinski definition) is 2. The Morgan fingerprint density at radius 2 is 2.12 bits per heavy atom. The van der Waals surface area contributed by atoms with Crippen molar-refractivity contribution in [3.8, 4) is 0 Å². The Balaban J connectivity index is 1.85. The van der Waals surface area contributed by atoms with Crippen molar-refractivity contribution in [2.45, 2.75) is 31.9 Å². The van der Waals surface area contributed by atoms with Crippen molar-refractivity contribution >= 4 is 38.7 Å². The van der Waals surface area contributed by atoms with Crippen LogP contribution in [0.25, 0.3) is 21.3 Å². The van der Waals surface area contributed by atoms with Gasteiger partial charge in [-0.3, -0.25) is 4.98 Å². The highest BCUT2D eigenvalue weighted by Crippen LogP contribution is 2.35. The fourth-order valence-electron chi connectivity index (χ4n) is 3.48. The van der Waals surface area contributed by atoms with Crippen molar-refractivity contribution in [2.75, 3.05) is 13.1 Å². The van der Waals surface area contributed by atoms with E-state index in [0.717, 1.165) is 21.3 Å². The Bertz CT molecular complexity index is 909. The topological polar surface area (TPSA) is 91.5 Å². The summed E-state index contributed by atoms with van der Waals surface area (Å²) in [5.74, 6) is 0.626. The number of likely N-dealkylation sites (tertiary alicyclic amines) is 1. The number of piperidine rings is 1. The molecule has 0 aliphatic carbocycles. The van der Waals surface area contributed by atoms with Crippen molar-refractivity contribution < 1.29 is 15.0 Å². The Kier molecular flexibility index (Phi) is 3.65. The number of carbonyl (C=O) groups is 1. The lowest BCUT2D eigenvalue weighted by molar-refractivity contribution is 0.122. The molecule has 24 heavy (non-hydrogen) atoms. The standard InChI is InChI=1S/C16H18N4O3S/c1-9(21)15-18-12-8-17-11-4-7-24-14(11)13(12)20(15)10-2-5-19(6-3-10)16(22)23/h4,7-10,21H,2-3,5-6H2,1H3,(H,22,23)/t9-/m1/s1. The van der Waals surface area contributed by atoms with Gasteiger partial charge in [0.15, 0.2) is 0 Å². The summed E-state index contributed by atoms with van der Waals surface area (Å²) in [6, 6.07) is 2.11. The highest BCUT2D eigenvalue weighted by molar-refractivity contribution is 7.18. The van der Waals surface area contributed by atoms with Gasteiger partial charge in [-0.2, -0.15) is 0 Å². The predicted molar refractivity (Wildman–Crippen MR) is 91.4 cm³/mol. The van der Waals surface area contributed by atoms with Gasteiger partial charge >= 0.3 is 6.09 Å². The van der Waals surface area contributed by atoms with E-state index in [1.54, 1.807) is 24.5 Å². The molecule has 1 aliphatic rings. The highest BCUT2D eigenvalue weighted by atomic mass is 32.1. The van der Waals surface area contributed by atoms with Crippen molar-refractivity contribution in [3.05, 3.63) is 23.5 Å². The van der Waals surface area contributed by atoms with E-state index in [1.807, 2.05) is 11.4 Å². The SMILES string of the molecule is C[C@@H](O)c1nc2cnc3ccsc3c2n1C1CCN(C(=O)O)CC1. The van der Waals surface area contributed by atoms with Crippen LogP contribution in [-0.2, 0) is 0 Å². The third kappa shape index (κ3) is 2.33. The molecular weight excluding hydrogens is 328 g/mol. The van der Waals surface area contributed by atoms with Crippen LogP contribution < -0.4 is 0 Å². The molecule has 1 fully saturated rings. The molecule has 126 valence electrons. The first kappa shape index (κ1) is 15.3. The number of aliphatic hydroxyl groups is 1. The average molecular weight is 346 g/mol. The number of rotatable bonds is 2. The fourth-order valence-corrected chi connectivity index (χ4v) is 4.36. The van der Waals surface area contributed by atoms with Gasteiger partial charge in [0.1, 0.15) is 17.4 Å². The molecule has 1 saturated heterocycles. The van der Waals surface area contributed by atoms with Gasteiger partial charge in [-0.1, -0.05) is 0 Å². The summed E-state index contributed by atoms with van der Waals surface area (Å²) in [6.07, 6.45) is 1.62. The van der Waals surface area contributed by atoms with E-state index in [2.05, 4.69) is 14.5 Å². The zero-order valence-corrected chi connectivity index (χ0v) is 14.0. The summed E-state index contributed by atoms with van der Waals surface area (Å²) in [5, 5.41) is 21.3. The predicted octanol–water partition coefficient (Wildman–Crippen LogP) is 3.01. The number of hydrogen-bond acceptors (Lipinski definition) is 5. The minimum atomic E-state index is -0.871. The van der Waals surface area contributed by atoms with Gasteiger partial charge in [-0.25, -0.2) is 9.78 Å². The zero-order valence-electron chi connectivity index (χ0n) is 13.2. The van der Waals surface area contributed by atoms with Crippen LogP contribution in [0.4, 0.5) is 4.79 Å². The smallest absolute Gasteiger partial charge is 0.407 e. The van der Waals surface area contributed by atoms with Crippen molar-refractivity contribution in [3.63, 3.8) is 0 Å². The Labute approximate surface area is 142 Å². The van der Waals surface area contributed by atoms with E-state index in [-0.39, 0.29) is 6.04 Å². The first-order valence-electron chi connectivity index (χ1n) is 7.96. The lowest BCUT2D eigenvalue weighted by Gasteiger charge is -2.32. The molecule has 2 N–H and O–H groups in total. The fraction of sp³-hybridized carbons (Fsp3) is 0.438. The molecule has 7 nitrogen and oxygen atoms in total. The first-order valence-corrected chi connectivity index (χ1v) is 8.84. The summed E-state index contributed by atoms with van der Waals surface area (Å²) in [6.45, 7) is 2.71. The van der Waals surface area contributed by atoms with E-state index in [1.165, 1.54) is 4.90 Å². The lowest BCUT2D eigenvalue weighted by Crippen LogP contribution is -2.38. The summed E-state index contributed by atoms with van der Waals surface area (Å²) >= 11 is 1.62. The van der Waals surface area contributed by atoms with Gasteiger partial charge in [0, 0.05) is 19.1 Å². The maximum atomic E-state index is 11.1. The molecule has 3 aromatic heterocycles. The van der Waals surface area contributed by atoms with Crippen LogP contribution in [0, 0.1) is 0 Å². The number of thiophene rings is 1. The van der Waals surface area contributed by atoms with E-state index in [0.29, 0.717) is 31.8 Å². The number of pyridine rings is 1.